The van der Waals surface area contributed by atoms with E-state index >= 15 is 0 Å². The Hall–Kier alpha value is -1.62. The SMILES string of the molecule is CCc1cc(C(=O)O)cc(N(C)CC2CCCO2)n1. The molecule has 1 aromatic rings. The van der Waals surface area contributed by atoms with Crippen molar-refractivity contribution in [1.82, 2.24) is 4.98 Å². The van der Waals surface area contributed by atoms with Gasteiger partial charge in [0.2, 0.25) is 0 Å². The number of likely N-dealkylation sites (N-methyl/N-ethyl adjacent to an activating group) is 1. The third-order valence-electron chi connectivity index (χ3n) is 3.37. The molecule has 1 fully saturated rings. The first kappa shape index (κ1) is 13.8. The molecule has 0 amide bonds. The van der Waals surface area contributed by atoms with Gasteiger partial charge in [0.25, 0.3) is 0 Å². The van der Waals surface area contributed by atoms with Crippen LogP contribution in [0.25, 0.3) is 0 Å². The number of pyridine rings is 1. The highest BCUT2D eigenvalue weighted by Crippen LogP contribution is 2.18. The summed E-state index contributed by atoms with van der Waals surface area (Å²) in [4.78, 5) is 17.6. The predicted octanol–water partition coefficient (Wildman–Crippen LogP) is 1.96. The first-order valence-corrected chi connectivity index (χ1v) is 6.67. The van der Waals surface area contributed by atoms with Crippen molar-refractivity contribution in [2.75, 3.05) is 25.1 Å². The number of aromatic nitrogens is 1. The lowest BCUT2D eigenvalue weighted by molar-refractivity contribution is 0.0696. The average Bonchev–Trinajstić information content (AvgIpc) is 2.90. The van der Waals surface area contributed by atoms with Crippen LogP contribution in [0.5, 0.6) is 0 Å². The number of aromatic carboxylic acids is 1. The highest BCUT2D eigenvalue weighted by molar-refractivity contribution is 5.88. The molecule has 1 unspecified atom stereocenters. The van der Waals surface area contributed by atoms with Gasteiger partial charge in [-0.25, -0.2) is 9.78 Å². The summed E-state index contributed by atoms with van der Waals surface area (Å²) < 4.78 is 5.59. The number of rotatable bonds is 5. The maximum Gasteiger partial charge on any atom is 0.335 e. The van der Waals surface area contributed by atoms with Crippen molar-refractivity contribution in [3.8, 4) is 0 Å². The fraction of sp³-hybridized carbons (Fsp3) is 0.571. The minimum absolute atomic E-state index is 0.227. The minimum Gasteiger partial charge on any atom is -0.478 e. The van der Waals surface area contributed by atoms with Gasteiger partial charge in [-0.05, 0) is 31.4 Å². The number of carbonyl (C=O) groups is 1. The molecule has 1 atom stereocenters. The normalized spacial score (nSPS) is 18.5. The van der Waals surface area contributed by atoms with E-state index < -0.39 is 5.97 Å². The number of hydrogen-bond acceptors (Lipinski definition) is 4. The zero-order valence-electron chi connectivity index (χ0n) is 11.4. The molecule has 0 radical (unpaired) electrons. The highest BCUT2D eigenvalue weighted by atomic mass is 16.5. The molecule has 1 aliphatic heterocycles. The van der Waals surface area contributed by atoms with Crippen LogP contribution in [0, 0.1) is 0 Å². The van der Waals surface area contributed by atoms with Crippen molar-refractivity contribution in [3.63, 3.8) is 0 Å². The lowest BCUT2D eigenvalue weighted by Crippen LogP contribution is -2.29. The fourth-order valence-corrected chi connectivity index (χ4v) is 2.26. The second-order valence-electron chi connectivity index (χ2n) is 4.88. The molecule has 5 heteroatoms. The Balaban J connectivity index is 2.17. The summed E-state index contributed by atoms with van der Waals surface area (Å²) >= 11 is 0. The Labute approximate surface area is 113 Å². The Morgan fingerprint density at radius 3 is 2.95 bits per heavy atom. The highest BCUT2D eigenvalue weighted by Gasteiger charge is 2.19. The van der Waals surface area contributed by atoms with Crippen molar-refractivity contribution in [3.05, 3.63) is 23.4 Å². The summed E-state index contributed by atoms with van der Waals surface area (Å²) in [6, 6.07) is 3.25. The molecular formula is C14H20N2O3. The fourth-order valence-electron chi connectivity index (χ4n) is 2.26. The van der Waals surface area contributed by atoms with Gasteiger partial charge >= 0.3 is 5.97 Å². The molecular weight excluding hydrogens is 244 g/mol. The van der Waals surface area contributed by atoms with Gasteiger partial charge in [-0.2, -0.15) is 0 Å². The zero-order chi connectivity index (χ0) is 13.8. The smallest absolute Gasteiger partial charge is 0.335 e. The Morgan fingerprint density at radius 2 is 2.37 bits per heavy atom. The van der Waals surface area contributed by atoms with Crippen LogP contribution < -0.4 is 4.90 Å². The molecule has 1 N–H and O–H groups in total. The van der Waals surface area contributed by atoms with Crippen molar-refractivity contribution < 1.29 is 14.6 Å². The van der Waals surface area contributed by atoms with E-state index in [-0.39, 0.29) is 6.10 Å². The van der Waals surface area contributed by atoms with Gasteiger partial charge in [-0.3, -0.25) is 0 Å². The van der Waals surface area contributed by atoms with Gasteiger partial charge in [0, 0.05) is 25.9 Å². The van der Waals surface area contributed by atoms with Crippen LogP contribution in [-0.4, -0.2) is 42.4 Å². The molecule has 19 heavy (non-hydrogen) atoms. The molecule has 5 nitrogen and oxygen atoms in total. The lowest BCUT2D eigenvalue weighted by Gasteiger charge is -2.22. The molecule has 0 bridgehead atoms. The molecule has 0 spiro atoms. The third-order valence-corrected chi connectivity index (χ3v) is 3.37. The molecule has 0 aromatic carbocycles. The predicted molar refractivity (Wildman–Crippen MR) is 72.8 cm³/mol. The van der Waals surface area contributed by atoms with Gasteiger partial charge < -0.3 is 14.7 Å². The van der Waals surface area contributed by atoms with Crippen LogP contribution in [0.4, 0.5) is 5.82 Å². The number of ether oxygens (including phenoxy) is 1. The first-order chi connectivity index (χ1) is 9.10. The van der Waals surface area contributed by atoms with Crippen LogP contribution >= 0.6 is 0 Å². The molecule has 0 aliphatic carbocycles. The zero-order valence-corrected chi connectivity index (χ0v) is 11.4. The Morgan fingerprint density at radius 1 is 1.58 bits per heavy atom. The second-order valence-corrected chi connectivity index (χ2v) is 4.88. The van der Waals surface area contributed by atoms with E-state index in [9.17, 15) is 4.79 Å². The maximum atomic E-state index is 11.1. The molecule has 2 heterocycles. The number of anilines is 1. The molecule has 0 saturated carbocycles. The van der Waals surface area contributed by atoms with E-state index in [1.807, 2.05) is 18.9 Å². The molecule has 2 rings (SSSR count). The van der Waals surface area contributed by atoms with Crippen molar-refractivity contribution in [2.24, 2.45) is 0 Å². The summed E-state index contributed by atoms with van der Waals surface area (Å²) in [6.45, 7) is 3.54. The van der Waals surface area contributed by atoms with Crippen LogP contribution in [-0.2, 0) is 11.2 Å². The summed E-state index contributed by atoms with van der Waals surface area (Å²) in [6.07, 6.45) is 3.11. The molecule has 1 aliphatic rings. The van der Waals surface area contributed by atoms with Gasteiger partial charge in [-0.1, -0.05) is 6.92 Å². The summed E-state index contributed by atoms with van der Waals surface area (Å²) in [7, 11) is 1.93. The van der Waals surface area contributed by atoms with Gasteiger partial charge in [0.05, 0.1) is 11.7 Å². The number of nitrogens with zero attached hydrogens (tertiary/aromatic N) is 2. The van der Waals surface area contributed by atoms with E-state index in [2.05, 4.69) is 4.98 Å². The molecule has 1 saturated heterocycles. The number of carboxylic acid groups (broad SMARTS) is 1. The third kappa shape index (κ3) is 3.44. The standard InChI is InChI=1S/C14H20N2O3/c1-3-11-7-10(14(17)18)8-13(15-11)16(2)9-12-5-4-6-19-12/h7-8,12H,3-6,9H2,1-2H3,(H,17,18). The van der Waals surface area contributed by atoms with Gasteiger partial charge in [-0.15, -0.1) is 0 Å². The van der Waals surface area contributed by atoms with Crippen LogP contribution in [0.2, 0.25) is 0 Å². The largest absolute Gasteiger partial charge is 0.478 e. The summed E-state index contributed by atoms with van der Waals surface area (Å²) in [5.74, 6) is -0.212. The van der Waals surface area contributed by atoms with Crippen molar-refractivity contribution >= 4 is 11.8 Å². The molecule has 1 aromatic heterocycles. The summed E-state index contributed by atoms with van der Waals surface area (Å²) in [5.41, 5.74) is 1.09. The van der Waals surface area contributed by atoms with Crippen LogP contribution in [0.15, 0.2) is 12.1 Å². The monoisotopic (exact) mass is 264 g/mol. The second kappa shape index (κ2) is 6.02. The number of carboxylic acids is 1. The summed E-state index contributed by atoms with van der Waals surface area (Å²) in [5, 5.41) is 9.12. The van der Waals surface area contributed by atoms with Crippen LogP contribution in [0.1, 0.15) is 35.8 Å². The van der Waals surface area contributed by atoms with Gasteiger partial charge in [0.15, 0.2) is 0 Å². The first-order valence-electron chi connectivity index (χ1n) is 6.67. The maximum absolute atomic E-state index is 11.1. The van der Waals surface area contributed by atoms with E-state index in [1.165, 1.54) is 0 Å². The van der Waals surface area contributed by atoms with E-state index in [0.29, 0.717) is 11.4 Å². The topological polar surface area (TPSA) is 62.7 Å². The minimum atomic E-state index is -0.913. The van der Waals surface area contributed by atoms with Crippen molar-refractivity contribution in [2.45, 2.75) is 32.3 Å². The quantitative estimate of drug-likeness (QED) is 0.880. The van der Waals surface area contributed by atoms with E-state index in [0.717, 1.165) is 38.1 Å². The van der Waals surface area contributed by atoms with E-state index in [1.54, 1.807) is 12.1 Å². The number of hydrogen-bond donors (Lipinski definition) is 1. The molecule has 104 valence electrons. The van der Waals surface area contributed by atoms with Gasteiger partial charge in [0.1, 0.15) is 5.82 Å². The Kier molecular flexibility index (Phi) is 4.37. The van der Waals surface area contributed by atoms with Crippen LogP contribution in [0.3, 0.4) is 0 Å². The lowest BCUT2D eigenvalue weighted by atomic mass is 10.2. The average molecular weight is 264 g/mol. The van der Waals surface area contributed by atoms with Crippen molar-refractivity contribution in [1.29, 1.82) is 0 Å². The Bertz CT molecular complexity index is 456. The van der Waals surface area contributed by atoms with E-state index in [4.69, 9.17) is 9.84 Å². The number of aryl methyl sites for hydroxylation is 1.